The van der Waals surface area contributed by atoms with Gasteiger partial charge in [0.25, 0.3) is 15.7 Å². The smallest absolute Gasteiger partial charge is 0.327 e. The van der Waals surface area contributed by atoms with Crippen LogP contribution in [0.25, 0.3) is 0 Å². The monoisotopic (exact) mass is 428 g/mol. The van der Waals surface area contributed by atoms with Crippen LogP contribution in [0.3, 0.4) is 0 Å². The molecule has 0 aromatic heterocycles. The normalized spacial score (nSPS) is 12.4. The van der Waals surface area contributed by atoms with E-state index < -0.39 is 32.6 Å². The van der Waals surface area contributed by atoms with E-state index in [0.717, 1.165) is 16.4 Å². The summed E-state index contributed by atoms with van der Waals surface area (Å²) in [6, 6.07) is 9.17. The molecule has 0 heterocycles. The standard InChI is InChI=1S/C15H13BrN2O6S/c1-10(15(19)20)17(12-5-2-4-11(16)8-12)25(23,24)14-7-3-6-13(9-14)18(21)22/h2-10H,1H3,(H,19,20). The fourth-order valence-corrected chi connectivity index (χ4v) is 4.19. The maximum Gasteiger partial charge on any atom is 0.327 e. The van der Waals surface area contributed by atoms with Crippen molar-refractivity contribution < 1.29 is 23.2 Å². The van der Waals surface area contributed by atoms with Crippen LogP contribution in [-0.4, -0.2) is 30.5 Å². The topological polar surface area (TPSA) is 118 Å². The first-order chi connectivity index (χ1) is 11.6. The van der Waals surface area contributed by atoms with Crippen LogP contribution in [-0.2, 0) is 14.8 Å². The van der Waals surface area contributed by atoms with Crippen molar-refractivity contribution in [1.82, 2.24) is 0 Å². The number of hydrogen-bond donors (Lipinski definition) is 1. The molecule has 2 aromatic rings. The Morgan fingerprint density at radius 1 is 1.24 bits per heavy atom. The Bertz CT molecular complexity index is 931. The lowest BCUT2D eigenvalue weighted by atomic mass is 10.2. The van der Waals surface area contributed by atoms with E-state index in [1.54, 1.807) is 12.1 Å². The number of hydrogen-bond acceptors (Lipinski definition) is 5. The number of non-ortho nitro benzene ring substituents is 1. The molecule has 25 heavy (non-hydrogen) atoms. The van der Waals surface area contributed by atoms with Crippen LogP contribution in [0.2, 0.25) is 0 Å². The molecule has 1 unspecified atom stereocenters. The Hall–Kier alpha value is -2.46. The third-order valence-electron chi connectivity index (χ3n) is 3.36. The van der Waals surface area contributed by atoms with Gasteiger partial charge in [-0.25, -0.2) is 13.2 Å². The summed E-state index contributed by atoms with van der Waals surface area (Å²) in [4.78, 5) is 21.2. The van der Waals surface area contributed by atoms with E-state index >= 15 is 0 Å². The summed E-state index contributed by atoms with van der Waals surface area (Å²) in [5.41, 5.74) is -0.283. The molecule has 2 aromatic carbocycles. The van der Waals surface area contributed by atoms with Gasteiger partial charge in [-0.05, 0) is 31.2 Å². The highest BCUT2D eigenvalue weighted by atomic mass is 79.9. The molecule has 0 saturated heterocycles. The molecular formula is C15H13BrN2O6S. The minimum atomic E-state index is -4.34. The van der Waals surface area contributed by atoms with Gasteiger partial charge in [0.15, 0.2) is 0 Å². The molecule has 132 valence electrons. The summed E-state index contributed by atoms with van der Waals surface area (Å²) >= 11 is 3.21. The van der Waals surface area contributed by atoms with Crippen LogP contribution in [0.15, 0.2) is 57.9 Å². The SMILES string of the molecule is CC(C(=O)O)N(c1cccc(Br)c1)S(=O)(=O)c1cccc([N+](=O)[O-])c1. The molecule has 2 rings (SSSR count). The van der Waals surface area contributed by atoms with E-state index in [-0.39, 0.29) is 10.6 Å². The van der Waals surface area contributed by atoms with E-state index in [4.69, 9.17) is 0 Å². The van der Waals surface area contributed by atoms with Crippen molar-refractivity contribution in [2.45, 2.75) is 17.9 Å². The van der Waals surface area contributed by atoms with Gasteiger partial charge in [0, 0.05) is 16.6 Å². The van der Waals surface area contributed by atoms with Crippen molar-refractivity contribution in [1.29, 1.82) is 0 Å². The summed E-state index contributed by atoms with van der Waals surface area (Å²) < 4.78 is 27.3. The number of nitro groups is 1. The van der Waals surface area contributed by atoms with Gasteiger partial charge in [-0.15, -0.1) is 0 Å². The molecule has 1 N–H and O–H groups in total. The van der Waals surface area contributed by atoms with Crippen molar-refractivity contribution in [2.24, 2.45) is 0 Å². The second-order valence-corrected chi connectivity index (χ2v) is 7.78. The number of sulfonamides is 1. The minimum absolute atomic E-state index is 0.121. The molecule has 1 atom stereocenters. The number of nitrogens with zero attached hydrogens (tertiary/aromatic N) is 2. The van der Waals surface area contributed by atoms with Crippen LogP contribution in [0.1, 0.15) is 6.92 Å². The first-order valence-electron chi connectivity index (χ1n) is 6.92. The lowest BCUT2D eigenvalue weighted by molar-refractivity contribution is -0.385. The zero-order valence-corrected chi connectivity index (χ0v) is 15.3. The molecular weight excluding hydrogens is 416 g/mol. The molecule has 0 radical (unpaired) electrons. The number of carbonyl (C=O) groups is 1. The van der Waals surface area contributed by atoms with Crippen LogP contribution in [0, 0.1) is 10.1 Å². The van der Waals surface area contributed by atoms with Gasteiger partial charge in [0.05, 0.1) is 15.5 Å². The second kappa shape index (κ2) is 7.19. The third kappa shape index (κ3) is 3.97. The molecule has 0 aliphatic heterocycles. The number of carboxylic acids is 1. The number of rotatable bonds is 6. The van der Waals surface area contributed by atoms with Gasteiger partial charge in [-0.2, -0.15) is 0 Å². The number of halogens is 1. The van der Waals surface area contributed by atoms with E-state index in [2.05, 4.69) is 15.9 Å². The lowest BCUT2D eigenvalue weighted by Gasteiger charge is -2.28. The quantitative estimate of drug-likeness (QED) is 0.557. The maximum absolute atomic E-state index is 13.0. The highest BCUT2D eigenvalue weighted by Gasteiger charge is 2.34. The Labute approximate surface area is 152 Å². The van der Waals surface area contributed by atoms with Crippen LogP contribution < -0.4 is 4.31 Å². The largest absolute Gasteiger partial charge is 0.480 e. The molecule has 0 aliphatic rings. The zero-order valence-electron chi connectivity index (χ0n) is 12.9. The van der Waals surface area contributed by atoms with Crippen molar-refractivity contribution in [3.63, 3.8) is 0 Å². The molecule has 0 amide bonds. The predicted octanol–water partition coefficient (Wildman–Crippen LogP) is 3.03. The first-order valence-corrected chi connectivity index (χ1v) is 9.15. The highest BCUT2D eigenvalue weighted by molar-refractivity contribution is 9.10. The van der Waals surface area contributed by atoms with Crippen LogP contribution in [0.4, 0.5) is 11.4 Å². The van der Waals surface area contributed by atoms with Crippen molar-refractivity contribution in [3.05, 3.63) is 63.1 Å². The molecule has 8 nitrogen and oxygen atoms in total. The average molecular weight is 429 g/mol. The summed E-state index contributed by atoms with van der Waals surface area (Å²) in [5, 5.41) is 20.2. The lowest BCUT2D eigenvalue weighted by Crippen LogP contribution is -2.43. The van der Waals surface area contributed by atoms with Gasteiger partial charge in [-0.3, -0.25) is 14.4 Å². The fraction of sp³-hybridized carbons (Fsp3) is 0.133. The van der Waals surface area contributed by atoms with Crippen LogP contribution in [0.5, 0.6) is 0 Å². The van der Waals surface area contributed by atoms with Crippen molar-refractivity contribution in [2.75, 3.05) is 4.31 Å². The van der Waals surface area contributed by atoms with Gasteiger partial charge in [0.1, 0.15) is 6.04 Å². The summed E-state index contributed by atoms with van der Waals surface area (Å²) in [6.45, 7) is 1.22. The number of carboxylic acid groups (broad SMARTS) is 1. The number of anilines is 1. The molecule has 0 fully saturated rings. The molecule has 0 bridgehead atoms. The minimum Gasteiger partial charge on any atom is -0.480 e. The Kier molecular flexibility index (Phi) is 5.43. The summed E-state index contributed by atoms with van der Waals surface area (Å²) in [5.74, 6) is -1.35. The third-order valence-corrected chi connectivity index (χ3v) is 5.74. The van der Waals surface area contributed by atoms with Crippen molar-refractivity contribution in [3.8, 4) is 0 Å². The highest BCUT2D eigenvalue weighted by Crippen LogP contribution is 2.29. The van der Waals surface area contributed by atoms with Crippen molar-refractivity contribution >= 4 is 43.3 Å². The van der Waals surface area contributed by atoms with Crippen LogP contribution >= 0.6 is 15.9 Å². The van der Waals surface area contributed by atoms with E-state index in [9.17, 15) is 28.4 Å². The molecule has 0 spiro atoms. The van der Waals surface area contributed by atoms with E-state index in [0.29, 0.717) is 4.47 Å². The number of aliphatic carboxylic acids is 1. The predicted molar refractivity (Wildman–Crippen MR) is 94.0 cm³/mol. The number of benzene rings is 2. The Morgan fingerprint density at radius 2 is 1.88 bits per heavy atom. The average Bonchev–Trinajstić information content (AvgIpc) is 2.54. The Balaban J connectivity index is 2.65. The molecule has 0 saturated carbocycles. The van der Waals surface area contributed by atoms with E-state index in [1.165, 1.54) is 31.2 Å². The van der Waals surface area contributed by atoms with Gasteiger partial charge < -0.3 is 5.11 Å². The molecule has 0 aliphatic carbocycles. The first kappa shape index (κ1) is 18.9. The summed E-state index contributed by atoms with van der Waals surface area (Å²) in [6.07, 6.45) is 0. The fourth-order valence-electron chi connectivity index (χ4n) is 2.16. The second-order valence-electron chi connectivity index (χ2n) is 5.05. The maximum atomic E-state index is 13.0. The zero-order chi connectivity index (χ0) is 18.8. The van der Waals surface area contributed by atoms with Gasteiger partial charge >= 0.3 is 5.97 Å². The number of nitro benzene ring substituents is 1. The Morgan fingerprint density at radius 3 is 2.44 bits per heavy atom. The van der Waals surface area contributed by atoms with E-state index in [1.807, 2.05) is 0 Å². The summed E-state index contributed by atoms with van der Waals surface area (Å²) in [7, 11) is -4.34. The van der Waals surface area contributed by atoms with Gasteiger partial charge in [-0.1, -0.05) is 28.1 Å². The van der Waals surface area contributed by atoms with Gasteiger partial charge in [0.2, 0.25) is 0 Å². The molecule has 10 heteroatoms.